The zero-order valence-electron chi connectivity index (χ0n) is 10.4. The lowest BCUT2D eigenvalue weighted by Gasteiger charge is -2.11. The minimum atomic E-state index is -0.800. The van der Waals surface area contributed by atoms with Crippen molar-refractivity contribution in [2.24, 2.45) is 0 Å². The highest BCUT2D eigenvalue weighted by Gasteiger charge is 2.19. The van der Waals surface area contributed by atoms with E-state index in [-0.39, 0.29) is 16.6 Å². The van der Waals surface area contributed by atoms with Crippen molar-refractivity contribution < 1.29 is 8.78 Å². The molecule has 3 rings (SSSR count). The monoisotopic (exact) mass is 346 g/mol. The highest BCUT2D eigenvalue weighted by atomic mass is 35.5. The topological polar surface area (TPSA) is 17.8 Å². The van der Waals surface area contributed by atoms with Gasteiger partial charge in [0.2, 0.25) is 0 Å². The first-order valence-corrected chi connectivity index (χ1v) is 7.18. The normalized spacial score (nSPS) is 11.3. The number of nitrogens with zero attached hydrogens (tertiary/aromatic N) is 2. The van der Waals surface area contributed by atoms with Crippen molar-refractivity contribution >= 4 is 45.8 Å². The summed E-state index contributed by atoms with van der Waals surface area (Å²) in [5, 5.41) is 0.390. The number of rotatable bonds is 2. The summed E-state index contributed by atoms with van der Waals surface area (Å²) < 4.78 is 28.8. The van der Waals surface area contributed by atoms with Crippen molar-refractivity contribution in [2.75, 3.05) is 0 Å². The van der Waals surface area contributed by atoms with Crippen LogP contribution in [-0.4, -0.2) is 9.55 Å². The van der Waals surface area contributed by atoms with Crippen molar-refractivity contribution in [2.45, 2.75) is 5.88 Å². The maximum atomic E-state index is 14.2. The molecule has 7 heteroatoms. The van der Waals surface area contributed by atoms with Gasteiger partial charge in [-0.2, -0.15) is 0 Å². The largest absolute Gasteiger partial charge is 0.291 e. The smallest absolute Gasteiger partial charge is 0.151 e. The summed E-state index contributed by atoms with van der Waals surface area (Å²) in [4.78, 5) is 4.31. The number of imidazole rings is 1. The molecule has 0 aliphatic carbocycles. The van der Waals surface area contributed by atoms with Crippen LogP contribution in [0, 0.1) is 11.6 Å². The van der Waals surface area contributed by atoms with E-state index < -0.39 is 11.6 Å². The van der Waals surface area contributed by atoms with Crippen LogP contribution >= 0.6 is 34.8 Å². The number of benzene rings is 2. The van der Waals surface area contributed by atoms with Crippen LogP contribution in [0.15, 0.2) is 30.3 Å². The minimum Gasteiger partial charge on any atom is -0.291 e. The number of hydrogen-bond acceptors (Lipinski definition) is 1. The molecule has 0 saturated heterocycles. The first-order valence-electron chi connectivity index (χ1n) is 5.89. The molecule has 0 atom stereocenters. The van der Waals surface area contributed by atoms with E-state index >= 15 is 0 Å². The lowest BCUT2D eigenvalue weighted by Crippen LogP contribution is -2.04. The second-order valence-electron chi connectivity index (χ2n) is 4.35. The molecular formula is C14H7Cl3F2N2. The maximum Gasteiger partial charge on any atom is 0.151 e. The third-order valence-electron chi connectivity index (χ3n) is 3.01. The van der Waals surface area contributed by atoms with Crippen LogP contribution in [0.1, 0.15) is 5.82 Å². The van der Waals surface area contributed by atoms with E-state index in [2.05, 4.69) is 4.98 Å². The Morgan fingerprint density at radius 2 is 1.86 bits per heavy atom. The second-order valence-corrected chi connectivity index (χ2v) is 5.46. The van der Waals surface area contributed by atoms with Crippen molar-refractivity contribution in [3.63, 3.8) is 0 Å². The first kappa shape index (κ1) is 14.6. The van der Waals surface area contributed by atoms with Gasteiger partial charge in [0.1, 0.15) is 17.3 Å². The third kappa shape index (κ3) is 2.48. The number of halogens is 5. The Kier molecular flexibility index (Phi) is 3.78. The fourth-order valence-corrected chi connectivity index (χ4v) is 2.81. The SMILES string of the molecule is Fc1cc(F)c(-n2c(CCl)nc3ccc(Cl)cc32)c(Cl)c1. The lowest BCUT2D eigenvalue weighted by molar-refractivity contribution is 0.578. The summed E-state index contributed by atoms with van der Waals surface area (Å²) in [6.45, 7) is 0. The zero-order chi connectivity index (χ0) is 15.1. The van der Waals surface area contributed by atoms with E-state index in [9.17, 15) is 8.78 Å². The van der Waals surface area contributed by atoms with Crippen molar-refractivity contribution in [1.29, 1.82) is 0 Å². The fraction of sp³-hybridized carbons (Fsp3) is 0.0714. The first-order chi connectivity index (χ1) is 10.0. The molecule has 0 amide bonds. The molecule has 21 heavy (non-hydrogen) atoms. The van der Waals surface area contributed by atoms with Gasteiger partial charge in [-0.1, -0.05) is 23.2 Å². The van der Waals surface area contributed by atoms with Gasteiger partial charge < -0.3 is 0 Å². The van der Waals surface area contributed by atoms with Crippen LogP contribution in [-0.2, 0) is 5.88 Å². The Hall–Kier alpha value is -1.36. The van der Waals surface area contributed by atoms with Gasteiger partial charge in [-0.15, -0.1) is 11.6 Å². The summed E-state index contributed by atoms with van der Waals surface area (Å²) in [6.07, 6.45) is 0. The van der Waals surface area contributed by atoms with E-state index in [1.807, 2.05) is 0 Å². The molecule has 1 aromatic heterocycles. The highest BCUT2D eigenvalue weighted by Crippen LogP contribution is 2.31. The van der Waals surface area contributed by atoms with Gasteiger partial charge in [0, 0.05) is 11.1 Å². The highest BCUT2D eigenvalue weighted by molar-refractivity contribution is 6.32. The summed E-state index contributed by atoms with van der Waals surface area (Å²) >= 11 is 17.8. The molecule has 0 N–H and O–H groups in total. The number of alkyl halides is 1. The molecule has 108 valence electrons. The molecule has 0 unspecified atom stereocenters. The summed E-state index contributed by atoms with van der Waals surface area (Å²) in [5.41, 5.74) is 1.14. The molecule has 2 aromatic carbocycles. The molecule has 0 saturated carbocycles. The summed E-state index contributed by atoms with van der Waals surface area (Å²) in [6, 6.07) is 6.78. The predicted octanol–water partition coefficient (Wildman–Crippen LogP) is 5.35. The van der Waals surface area contributed by atoms with Crippen LogP contribution in [0.2, 0.25) is 10.0 Å². The van der Waals surface area contributed by atoms with Crippen molar-refractivity contribution in [1.82, 2.24) is 9.55 Å². The van der Waals surface area contributed by atoms with Crippen LogP contribution < -0.4 is 0 Å². The Balaban J connectivity index is 2.41. The van der Waals surface area contributed by atoms with E-state index in [1.165, 1.54) is 4.57 Å². The van der Waals surface area contributed by atoms with Crippen molar-refractivity contribution in [3.8, 4) is 5.69 Å². The van der Waals surface area contributed by atoms with Crippen LogP contribution in [0.25, 0.3) is 16.7 Å². The quantitative estimate of drug-likeness (QED) is 0.571. The Bertz CT molecular complexity index is 823. The van der Waals surface area contributed by atoms with E-state index in [4.69, 9.17) is 34.8 Å². The van der Waals surface area contributed by atoms with Gasteiger partial charge in [-0.05, 0) is 24.3 Å². The van der Waals surface area contributed by atoms with Gasteiger partial charge in [0.25, 0.3) is 0 Å². The third-order valence-corrected chi connectivity index (χ3v) is 3.77. The average Bonchev–Trinajstić information content (AvgIpc) is 2.76. The van der Waals surface area contributed by atoms with Gasteiger partial charge in [0.15, 0.2) is 5.82 Å². The van der Waals surface area contributed by atoms with Crippen LogP contribution in [0.3, 0.4) is 0 Å². The fourth-order valence-electron chi connectivity index (χ4n) is 2.19. The van der Waals surface area contributed by atoms with Gasteiger partial charge in [-0.3, -0.25) is 4.57 Å². The average molecular weight is 348 g/mol. The molecule has 0 radical (unpaired) electrons. The molecular weight excluding hydrogens is 341 g/mol. The van der Waals surface area contributed by atoms with Gasteiger partial charge in [-0.25, -0.2) is 13.8 Å². The Morgan fingerprint density at radius 3 is 2.52 bits per heavy atom. The summed E-state index contributed by atoms with van der Waals surface area (Å²) in [5.74, 6) is -1.12. The van der Waals surface area contributed by atoms with Gasteiger partial charge >= 0.3 is 0 Å². The molecule has 0 fully saturated rings. The van der Waals surface area contributed by atoms with Gasteiger partial charge in [0.05, 0.1) is 21.9 Å². The lowest BCUT2D eigenvalue weighted by atomic mass is 10.2. The molecule has 0 aliphatic heterocycles. The standard InChI is InChI=1S/C14H7Cl3F2N2/c15-6-13-20-11-2-1-7(16)3-12(11)21(13)14-9(17)4-8(18)5-10(14)19/h1-5H,6H2. The number of aromatic nitrogens is 2. The minimum absolute atomic E-state index is 0.00140. The molecule has 3 aromatic rings. The molecule has 2 nitrogen and oxygen atoms in total. The van der Waals surface area contributed by atoms with Crippen LogP contribution in [0.4, 0.5) is 8.78 Å². The van der Waals surface area contributed by atoms with E-state index in [0.717, 1.165) is 12.1 Å². The zero-order valence-corrected chi connectivity index (χ0v) is 12.6. The Morgan fingerprint density at radius 1 is 1.10 bits per heavy atom. The molecule has 0 spiro atoms. The number of hydrogen-bond donors (Lipinski definition) is 0. The summed E-state index contributed by atoms with van der Waals surface area (Å²) in [7, 11) is 0. The van der Waals surface area contributed by atoms with E-state index in [1.54, 1.807) is 18.2 Å². The second kappa shape index (κ2) is 5.44. The maximum absolute atomic E-state index is 14.2. The molecule has 0 aliphatic rings. The molecule has 1 heterocycles. The number of fused-ring (bicyclic) bond motifs is 1. The predicted molar refractivity (Wildman–Crippen MR) is 80.6 cm³/mol. The van der Waals surface area contributed by atoms with Crippen LogP contribution in [0.5, 0.6) is 0 Å². The Labute approximate surface area is 133 Å². The van der Waals surface area contributed by atoms with E-state index in [0.29, 0.717) is 21.9 Å². The molecule has 0 bridgehead atoms. The van der Waals surface area contributed by atoms with Crippen molar-refractivity contribution in [3.05, 3.63) is 57.8 Å².